The predicted octanol–water partition coefficient (Wildman–Crippen LogP) is 0.533. The average Bonchev–Trinajstić information content (AvgIpc) is 2.69. The number of carbonyl (C=O) groups is 1. The zero-order valence-electron chi connectivity index (χ0n) is 9.48. The minimum absolute atomic E-state index is 0.0297. The van der Waals surface area contributed by atoms with Crippen molar-refractivity contribution in [3.8, 4) is 0 Å². The highest BCUT2D eigenvalue weighted by molar-refractivity contribution is 7.91. The van der Waals surface area contributed by atoms with Crippen molar-refractivity contribution in [1.82, 2.24) is 0 Å². The highest BCUT2D eigenvalue weighted by Crippen LogP contribution is 2.14. The SMILES string of the molecule is COC(=O)CCCS(=O)(=O)CC1CCCO1. The van der Waals surface area contributed by atoms with Crippen LogP contribution in [0.3, 0.4) is 0 Å². The molecule has 1 rings (SSSR count). The first kappa shape index (κ1) is 13.4. The topological polar surface area (TPSA) is 69.7 Å². The van der Waals surface area contributed by atoms with Crippen molar-refractivity contribution >= 4 is 15.8 Å². The molecule has 0 aromatic rings. The van der Waals surface area contributed by atoms with E-state index in [-0.39, 0.29) is 30.0 Å². The first-order valence-corrected chi connectivity index (χ1v) is 7.24. The van der Waals surface area contributed by atoms with E-state index in [1.807, 2.05) is 0 Å². The van der Waals surface area contributed by atoms with Crippen LogP contribution in [0.25, 0.3) is 0 Å². The number of ether oxygens (including phenoxy) is 2. The lowest BCUT2D eigenvalue weighted by atomic mass is 10.3. The maximum atomic E-state index is 11.6. The number of esters is 1. The van der Waals surface area contributed by atoms with Crippen LogP contribution in [-0.2, 0) is 24.1 Å². The van der Waals surface area contributed by atoms with Gasteiger partial charge >= 0.3 is 5.97 Å². The van der Waals surface area contributed by atoms with Gasteiger partial charge in [0.25, 0.3) is 0 Å². The molecule has 0 amide bonds. The fraction of sp³-hybridized carbons (Fsp3) is 0.900. The summed E-state index contributed by atoms with van der Waals surface area (Å²) in [7, 11) is -1.81. The van der Waals surface area contributed by atoms with E-state index in [0.29, 0.717) is 13.0 Å². The van der Waals surface area contributed by atoms with Crippen molar-refractivity contribution in [3.05, 3.63) is 0 Å². The number of carbonyl (C=O) groups excluding carboxylic acids is 1. The second kappa shape index (κ2) is 6.20. The Labute approximate surface area is 96.0 Å². The zero-order valence-corrected chi connectivity index (χ0v) is 10.3. The van der Waals surface area contributed by atoms with Gasteiger partial charge in [0, 0.05) is 13.0 Å². The van der Waals surface area contributed by atoms with E-state index in [2.05, 4.69) is 4.74 Å². The minimum Gasteiger partial charge on any atom is -0.469 e. The first-order valence-electron chi connectivity index (χ1n) is 5.42. The molecule has 0 aromatic heterocycles. The molecule has 0 N–H and O–H groups in total. The number of hydrogen-bond donors (Lipinski definition) is 0. The Hall–Kier alpha value is -0.620. The largest absolute Gasteiger partial charge is 0.469 e. The van der Waals surface area contributed by atoms with Gasteiger partial charge < -0.3 is 9.47 Å². The number of methoxy groups -OCH3 is 1. The molecule has 5 nitrogen and oxygen atoms in total. The number of hydrogen-bond acceptors (Lipinski definition) is 5. The van der Waals surface area contributed by atoms with Crippen molar-refractivity contribution < 1.29 is 22.7 Å². The Balaban J connectivity index is 2.25. The monoisotopic (exact) mass is 250 g/mol. The lowest BCUT2D eigenvalue weighted by molar-refractivity contribution is -0.140. The van der Waals surface area contributed by atoms with Crippen LogP contribution in [-0.4, -0.2) is 45.7 Å². The van der Waals surface area contributed by atoms with Crippen molar-refractivity contribution in [2.24, 2.45) is 0 Å². The van der Waals surface area contributed by atoms with Gasteiger partial charge in [-0.1, -0.05) is 0 Å². The molecule has 6 heteroatoms. The molecule has 1 aliphatic rings. The molecular formula is C10H18O5S. The van der Waals surface area contributed by atoms with Crippen LogP contribution >= 0.6 is 0 Å². The van der Waals surface area contributed by atoms with E-state index in [1.54, 1.807) is 0 Å². The van der Waals surface area contributed by atoms with Gasteiger partial charge in [-0.2, -0.15) is 0 Å². The normalized spacial score (nSPS) is 20.9. The number of sulfone groups is 1. The molecule has 0 spiro atoms. The molecule has 0 saturated carbocycles. The van der Waals surface area contributed by atoms with E-state index in [9.17, 15) is 13.2 Å². The maximum Gasteiger partial charge on any atom is 0.305 e. The molecule has 0 radical (unpaired) electrons. The molecule has 1 fully saturated rings. The molecule has 16 heavy (non-hydrogen) atoms. The first-order chi connectivity index (χ1) is 7.53. The second-order valence-electron chi connectivity index (χ2n) is 3.93. The summed E-state index contributed by atoms with van der Waals surface area (Å²) in [6.45, 7) is 0.655. The summed E-state index contributed by atoms with van der Waals surface area (Å²) in [6.07, 6.45) is 2.07. The predicted molar refractivity (Wildman–Crippen MR) is 58.9 cm³/mol. The third kappa shape index (κ3) is 4.94. The summed E-state index contributed by atoms with van der Waals surface area (Å²) >= 11 is 0. The Kier molecular flexibility index (Phi) is 5.21. The molecule has 1 heterocycles. The summed E-state index contributed by atoms with van der Waals surface area (Å²) in [5, 5.41) is 0. The summed E-state index contributed by atoms with van der Waals surface area (Å²) in [6, 6.07) is 0. The minimum atomic E-state index is -3.10. The van der Waals surface area contributed by atoms with Gasteiger partial charge in [-0.05, 0) is 19.3 Å². The van der Waals surface area contributed by atoms with Crippen LogP contribution in [0.5, 0.6) is 0 Å². The van der Waals surface area contributed by atoms with Gasteiger partial charge in [-0.25, -0.2) is 8.42 Å². The lowest BCUT2D eigenvalue weighted by Crippen LogP contribution is -2.22. The van der Waals surface area contributed by atoms with Crippen LogP contribution < -0.4 is 0 Å². The van der Waals surface area contributed by atoms with E-state index in [0.717, 1.165) is 12.8 Å². The van der Waals surface area contributed by atoms with Crippen molar-refractivity contribution in [3.63, 3.8) is 0 Å². The van der Waals surface area contributed by atoms with Gasteiger partial charge in [0.2, 0.25) is 0 Å². The molecule has 1 atom stereocenters. The summed E-state index contributed by atoms with van der Waals surface area (Å²) in [5.74, 6) is -0.261. The van der Waals surface area contributed by atoms with Gasteiger partial charge in [-0.3, -0.25) is 4.79 Å². The van der Waals surface area contributed by atoms with Gasteiger partial charge in [0.05, 0.1) is 24.7 Å². The lowest BCUT2D eigenvalue weighted by Gasteiger charge is -2.09. The molecule has 94 valence electrons. The van der Waals surface area contributed by atoms with Crippen molar-refractivity contribution in [1.29, 1.82) is 0 Å². The second-order valence-corrected chi connectivity index (χ2v) is 6.16. The highest BCUT2D eigenvalue weighted by Gasteiger charge is 2.23. The van der Waals surface area contributed by atoms with Crippen LogP contribution in [0.2, 0.25) is 0 Å². The van der Waals surface area contributed by atoms with Gasteiger partial charge in [-0.15, -0.1) is 0 Å². The fourth-order valence-electron chi connectivity index (χ4n) is 1.68. The van der Waals surface area contributed by atoms with E-state index in [1.165, 1.54) is 7.11 Å². The van der Waals surface area contributed by atoms with Crippen molar-refractivity contribution in [2.45, 2.75) is 31.8 Å². The van der Waals surface area contributed by atoms with E-state index >= 15 is 0 Å². The Morgan fingerprint density at radius 3 is 2.81 bits per heavy atom. The molecule has 1 unspecified atom stereocenters. The molecular weight excluding hydrogens is 232 g/mol. The Morgan fingerprint density at radius 2 is 2.25 bits per heavy atom. The molecule has 0 aromatic carbocycles. The third-order valence-electron chi connectivity index (χ3n) is 2.53. The van der Waals surface area contributed by atoms with Crippen LogP contribution in [0, 0.1) is 0 Å². The van der Waals surface area contributed by atoms with E-state index in [4.69, 9.17) is 4.74 Å². The maximum absolute atomic E-state index is 11.6. The van der Waals surface area contributed by atoms with Gasteiger partial charge in [0.15, 0.2) is 9.84 Å². The quantitative estimate of drug-likeness (QED) is 0.643. The molecule has 0 aliphatic carbocycles. The van der Waals surface area contributed by atoms with Crippen LogP contribution in [0.15, 0.2) is 0 Å². The average molecular weight is 250 g/mol. The van der Waals surface area contributed by atoms with Gasteiger partial charge in [0.1, 0.15) is 0 Å². The van der Waals surface area contributed by atoms with Crippen molar-refractivity contribution in [2.75, 3.05) is 25.2 Å². The Morgan fingerprint density at radius 1 is 1.50 bits per heavy atom. The smallest absolute Gasteiger partial charge is 0.305 e. The fourth-order valence-corrected chi connectivity index (χ4v) is 3.26. The third-order valence-corrected chi connectivity index (χ3v) is 4.32. The van der Waals surface area contributed by atoms with Crippen LogP contribution in [0.1, 0.15) is 25.7 Å². The standard InChI is InChI=1S/C10H18O5S/c1-14-10(11)5-3-7-16(12,13)8-9-4-2-6-15-9/h9H,2-8H2,1H3. The van der Waals surface area contributed by atoms with Crippen LogP contribution in [0.4, 0.5) is 0 Å². The zero-order chi connectivity index (χ0) is 12.0. The summed E-state index contributed by atoms with van der Waals surface area (Å²) in [5.41, 5.74) is 0. The molecule has 1 saturated heterocycles. The summed E-state index contributed by atoms with van der Waals surface area (Å²) < 4.78 is 33.0. The highest BCUT2D eigenvalue weighted by atomic mass is 32.2. The number of rotatable bonds is 6. The molecule has 1 aliphatic heterocycles. The van der Waals surface area contributed by atoms with E-state index < -0.39 is 9.84 Å². The summed E-state index contributed by atoms with van der Waals surface area (Å²) in [4.78, 5) is 10.8. The Bertz CT molecular complexity index is 316. The molecule has 0 bridgehead atoms.